The summed E-state index contributed by atoms with van der Waals surface area (Å²) in [6.07, 6.45) is 16.3. The molecule has 0 bridgehead atoms. The summed E-state index contributed by atoms with van der Waals surface area (Å²) in [6.45, 7) is 2.24. The molecule has 0 aromatic rings. The van der Waals surface area contributed by atoms with Gasteiger partial charge in [0.05, 0.1) is 0 Å². The molecular formula is C20H36Li2O4. The molecule has 1 atom stereocenters. The SMILES string of the molecule is CCCCCCCCCCCCCCC(CCCC(=O)[O-])C(=O)[O-].[Li+].[Li+]. The molecule has 0 aromatic heterocycles. The van der Waals surface area contributed by atoms with Gasteiger partial charge in [-0.05, 0) is 31.6 Å². The summed E-state index contributed by atoms with van der Waals surface area (Å²) >= 11 is 0. The van der Waals surface area contributed by atoms with Crippen molar-refractivity contribution >= 4 is 11.9 Å². The fourth-order valence-corrected chi connectivity index (χ4v) is 3.10. The second-order valence-corrected chi connectivity index (χ2v) is 6.96. The van der Waals surface area contributed by atoms with Crippen LogP contribution in [-0.2, 0) is 9.59 Å². The topological polar surface area (TPSA) is 80.3 Å². The Morgan fingerprint density at radius 1 is 0.654 bits per heavy atom. The van der Waals surface area contributed by atoms with E-state index in [0.29, 0.717) is 19.3 Å². The molecule has 1 unspecified atom stereocenters. The molecule has 0 amide bonds. The van der Waals surface area contributed by atoms with Crippen LogP contribution in [-0.4, -0.2) is 11.9 Å². The fourth-order valence-electron chi connectivity index (χ4n) is 3.10. The summed E-state index contributed by atoms with van der Waals surface area (Å²) in [6, 6.07) is 0. The van der Waals surface area contributed by atoms with E-state index in [0.717, 1.165) is 19.3 Å². The smallest absolute Gasteiger partial charge is 0.550 e. The van der Waals surface area contributed by atoms with Crippen LogP contribution in [0, 0.1) is 5.92 Å². The fraction of sp³-hybridized carbons (Fsp3) is 0.900. The first-order valence-electron chi connectivity index (χ1n) is 9.98. The number of unbranched alkanes of at least 4 members (excludes halogenated alkanes) is 11. The normalized spacial score (nSPS) is 11.3. The van der Waals surface area contributed by atoms with Gasteiger partial charge in [-0.3, -0.25) is 0 Å². The number of hydrogen-bond donors (Lipinski definition) is 0. The third kappa shape index (κ3) is 22.2. The summed E-state index contributed by atoms with van der Waals surface area (Å²) < 4.78 is 0. The van der Waals surface area contributed by atoms with Crippen molar-refractivity contribution in [3.05, 3.63) is 0 Å². The molecule has 4 nitrogen and oxygen atoms in total. The van der Waals surface area contributed by atoms with Crippen molar-refractivity contribution in [2.75, 3.05) is 0 Å². The second-order valence-electron chi connectivity index (χ2n) is 6.96. The van der Waals surface area contributed by atoms with Crippen molar-refractivity contribution in [1.29, 1.82) is 0 Å². The summed E-state index contributed by atoms with van der Waals surface area (Å²) in [5.74, 6) is -2.67. The number of carbonyl (C=O) groups excluding carboxylic acids is 2. The molecule has 0 rings (SSSR count). The zero-order valence-electron chi connectivity index (χ0n) is 17.5. The number of carboxylic acids is 2. The van der Waals surface area contributed by atoms with E-state index in [1.54, 1.807) is 0 Å². The van der Waals surface area contributed by atoms with Gasteiger partial charge in [-0.25, -0.2) is 0 Å². The maximum Gasteiger partial charge on any atom is 1.00 e. The Labute approximate surface area is 184 Å². The zero-order chi connectivity index (χ0) is 18.0. The van der Waals surface area contributed by atoms with E-state index in [4.69, 9.17) is 0 Å². The van der Waals surface area contributed by atoms with Crippen molar-refractivity contribution < 1.29 is 57.5 Å². The Bertz CT molecular complexity index is 325. The number of hydrogen-bond acceptors (Lipinski definition) is 4. The van der Waals surface area contributed by atoms with Crippen LogP contribution in [0.25, 0.3) is 0 Å². The first-order chi connectivity index (χ1) is 11.6. The van der Waals surface area contributed by atoms with Gasteiger partial charge >= 0.3 is 37.7 Å². The summed E-state index contributed by atoms with van der Waals surface area (Å²) in [7, 11) is 0. The molecule has 0 aliphatic rings. The van der Waals surface area contributed by atoms with Gasteiger partial charge in [0.2, 0.25) is 0 Å². The summed E-state index contributed by atoms with van der Waals surface area (Å²) in [4.78, 5) is 21.4. The van der Waals surface area contributed by atoms with Crippen molar-refractivity contribution in [1.82, 2.24) is 0 Å². The van der Waals surface area contributed by atoms with Crippen LogP contribution in [0.3, 0.4) is 0 Å². The molecule has 0 N–H and O–H groups in total. The molecule has 26 heavy (non-hydrogen) atoms. The minimum atomic E-state index is -1.11. The number of rotatable bonds is 18. The number of carbonyl (C=O) groups is 2. The Morgan fingerprint density at radius 3 is 1.42 bits per heavy atom. The average molecular weight is 354 g/mol. The molecule has 0 fully saturated rings. The number of aliphatic carboxylic acids is 2. The van der Waals surface area contributed by atoms with Gasteiger partial charge in [0, 0.05) is 11.9 Å². The Morgan fingerprint density at radius 2 is 1.04 bits per heavy atom. The van der Waals surface area contributed by atoms with Crippen LogP contribution < -0.4 is 47.9 Å². The molecule has 142 valence electrons. The molecule has 0 spiro atoms. The molecule has 0 heterocycles. The van der Waals surface area contributed by atoms with Gasteiger partial charge in [-0.2, -0.15) is 0 Å². The molecule has 0 radical (unpaired) electrons. The minimum Gasteiger partial charge on any atom is -0.550 e. The van der Waals surface area contributed by atoms with Crippen molar-refractivity contribution in [3.63, 3.8) is 0 Å². The van der Waals surface area contributed by atoms with Crippen LogP contribution in [0.5, 0.6) is 0 Å². The largest absolute Gasteiger partial charge is 1.00 e. The molecule has 6 heteroatoms. The molecular weight excluding hydrogens is 318 g/mol. The second kappa shape index (κ2) is 23.2. The minimum absolute atomic E-state index is 0. The Balaban J connectivity index is -0.00000264. The predicted molar refractivity (Wildman–Crippen MR) is 93.1 cm³/mol. The number of carboxylic acid groups (broad SMARTS) is 2. The molecule has 0 aliphatic heterocycles. The van der Waals surface area contributed by atoms with E-state index < -0.39 is 17.9 Å². The summed E-state index contributed by atoms with van der Waals surface area (Å²) in [5.41, 5.74) is 0. The summed E-state index contributed by atoms with van der Waals surface area (Å²) in [5, 5.41) is 21.4. The zero-order valence-corrected chi connectivity index (χ0v) is 17.5. The third-order valence-corrected chi connectivity index (χ3v) is 4.67. The monoisotopic (exact) mass is 354 g/mol. The van der Waals surface area contributed by atoms with E-state index in [1.165, 1.54) is 57.8 Å². The maximum atomic E-state index is 11.0. The standard InChI is InChI=1S/C20H38O4.2Li/c1-2-3-4-5-6-7-8-9-10-11-12-13-15-18(20(23)24)16-14-17-19(21)22;;/h18H,2-17H2,1H3,(H,21,22)(H,23,24);;/q;2*+1/p-2. The predicted octanol–water partition coefficient (Wildman–Crippen LogP) is -2.63. The van der Waals surface area contributed by atoms with Crippen LogP contribution in [0.2, 0.25) is 0 Å². The first kappa shape index (κ1) is 30.8. The van der Waals surface area contributed by atoms with Crippen LogP contribution in [0.15, 0.2) is 0 Å². The van der Waals surface area contributed by atoms with Crippen LogP contribution in [0.1, 0.15) is 110 Å². The average Bonchev–Trinajstić information content (AvgIpc) is 2.53. The van der Waals surface area contributed by atoms with Gasteiger partial charge in [-0.1, -0.05) is 84.0 Å². The maximum absolute atomic E-state index is 11.0. The van der Waals surface area contributed by atoms with Crippen molar-refractivity contribution in [2.45, 2.75) is 110 Å². The van der Waals surface area contributed by atoms with Crippen molar-refractivity contribution in [2.24, 2.45) is 5.92 Å². The van der Waals surface area contributed by atoms with E-state index >= 15 is 0 Å². The van der Waals surface area contributed by atoms with E-state index in [9.17, 15) is 19.8 Å². The van der Waals surface area contributed by atoms with Gasteiger partial charge in [0.25, 0.3) is 0 Å². The van der Waals surface area contributed by atoms with E-state index in [1.807, 2.05) is 0 Å². The Hall–Kier alpha value is 0.135. The van der Waals surface area contributed by atoms with Crippen LogP contribution in [0.4, 0.5) is 0 Å². The van der Waals surface area contributed by atoms with Gasteiger partial charge < -0.3 is 19.8 Å². The quantitative estimate of drug-likeness (QED) is 0.199. The Kier molecular flexibility index (Phi) is 27.5. The third-order valence-electron chi connectivity index (χ3n) is 4.67. The van der Waals surface area contributed by atoms with Gasteiger partial charge in [0.1, 0.15) is 0 Å². The molecule has 0 saturated heterocycles. The molecule has 0 aliphatic carbocycles. The van der Waals surface area contributed by atoms with Crippen LogP contribution >= 0.6 is 0 Å². The van der Waals surface area contributed by atoms with Gasteiger partial charge in [-0.15, -0.1) is 0 Å². The molecule has 0 aromatic carbocycles. The molecule has 0 saturated carbocycles. The van der Waals surface area contributed by atoms with Gasteiger partial charge in [0.15, 0.2) is 0 Å². The first-order valence-corrected chi connectivity index (χ1v) is 9.98. The van der Waals surface area contributed by atoms with Crippen molar-refractivity contribution in [3.8, 4) is 0 Å². The van der Waals surface area contributed by atoms with E-state index in [-0.39, 0.29) is 44.1 Å². The van der Waals surface area contributed by atoms with E-state index in [2.05, 4.69) is 6.92 Å².